The van der Waals surface area contributed by atoms with Gasteiger partial charge in [0.05, 0.1) is 4.90 Å². The van der Waals surface area contributed by atoms with Crippen molar-refractivity contribution in [1.29, 1.82) is 0 Å². The van der Waals surface area contributed by atoms with Gasteiger partial charge in [-0.1, -0.05) is 6.07 Å². The van der Waals surface area contributed by atoms with E-state index in [4.69, 9.17) is 5.73 Å². The molecule has 5 nitrogen and oxygen atoms in total. The summed E-state index contributed by atoms with van der Waals surface area (Å²) in [5, 5.41) is 0. The molecule has 120 valence electrons. The maximum absolute atomic E-state index is 13.2. The Kier molecular flexibility index (Phi) is 3.91. The average molecular weight is 334 g/mol. The second kappa shape index (κ2) is 5.75. The van der Waals surface area contributed by atoms with E-state index < -0.39 is 15.9 Å². The highest BCUT2D eigenvalue weighted by Crippen LogP contribution is 2.32. The van der Waals surface area contributed by atoms with Crippen molar-refractivity contribution in [2.24, 2.45) is 5.73 Å². The normalized spacial score (nSPS) is 17.0. The molecule has 0 aromatic heterocycles. The Morgan fingerprint density at radius 2 is 1.87 bits per heavy atom. The van der Waals surface area contributed by atoms with Gasteiger partial charge in [-0.25, -0.2) is 17.5 Å². The number of primary amides is 1. The molecule has 0 bridgehead atoms. The van der Waals surface area contributed by atoms with Gasteiger partial charge in [0.15, 0.2) is 0 Å². The first kappa shape index (κ1) is 15.6. The van der Waals surface area contributed by atoms with E-state index in [-0.39, 0.29) is 22.3 Å². The van der Waals surface area contributed by atoms with E-state index in [1.54, 1.807) is 6.07 Å². The van der Waals surface area contributed by atoms with Gasteiger partial charge in [0, 0.05) is 11.6 Å². The topological polar surface area (TPSA) is 89.3 Å². The van der Waals surface area contributed by atoms with Crippen LogP contribution >= 0.6 is 0 Å². The number of benzene rings is 2. The zero-order valence-electron chi connectivity index (χ0n) is 12.1. The summed E-state index contributed by atoms with van der Waals surface area (Å²) in [4.78, 5) is 11.1. The molecule has 0 spiro atoms. The Balaban J connectivity index is 1.84. The molecule has 1 amide bonds. The van der Waals surface area contributed by atoms with Crippen molar-refractivity contribution < 1.29 is 17.6 Å². The maximum atomic E-state index is 13.2. The highest BCUT2D eigenvalue weighted by Gasteiger charge is 2.27. The summed E-state index contributed by atoms with van der Waals surface area (Å²) in [6.07, 6.45) is 1.21. The van der Waals surface area contributed by atoms with Crippen LogP contribution < -0.4 is 10.5 Å². The monoisotopic (exact) mass is 334 g/mol. The molecular weight excluding hydrogens is 319 g/mol. The van der Waals surface area contributed by atoms with Gasteiger partial charge in [-0.2, -0.15) is 0 Å². The van der Waals surface area contributed by atoms with Crippen molar-refractivity contribution >= 4 is 15.9 Å². The molecule has 2 aromatic carbocycles. The Hall–Kier alpha value is -2.25. The highest BCUT2D eigenvalue weighted by molar-refractivity contribution is 7.89. The van der Waals surface area contributed by atoms with Gasteiger partial charge in [-0.3, -0.25) is 4.79 Å². The zero-order valence-corrected chi connectivity index (χ0v) is 12.9. The molecule has 0 saturated heterocycles. The van der Waals surface area contributed by atoms with Gasteiger partial charge < -0.3 is 5.73 Å². The van der Waals surface area contributed by atoms with E-state index in [0.29, 0.717) is 12.8 Å². The van der Waals surface area contributed by atoms with Crippen LogP contribution in [0.2, 0.25) is 0 Å². The summed E-state index contributed by atoms with van der Waals surface area (Å²) < 4.78 is 40.7. The third-order valence-electron chi connectivity index (χ3n) is 3.93. The minimum Gasteiger partial charge on any atom is -0.366 e. The third-order valence-corrected chi connectivity index (χ3v) is 5.42. The molecule has 1 aliphatic rings. The van der Waals surface area contributed by atoms with Crippen LogP contribution in [0.3, 0.4) is 0 Å². The van der Waals surface area contributed by atoms with Crippen LogP contribution in [0.4, 0.5) is 4.39 Å². The van der Waals surface area contributed by atoms with Gasteiger partial charge in [0.25, 0.3) is 0 Å². The molecule has 3 N–H and O–H groups in total. The average Bonchev–Trinajstić information content (AvgIpc) is 2.89. The van der Waals surface area contributed by atoms with E-state index >= 15 is 0 Å². The number of aryl methyl sites for hydroxylation is 1. The number of hydrogen-bond acceptors (Lipinski definition) is 3. The highest BCUT2D eigenvalue weighted by atomic mass is 32.2. The summed E-state index contributed by atoms with van der Waals surface area (Å²) in [6.45, 7) is 0. The van der Waals surface area contributed by atoms with E-state index in [9.17, 15) is 17.6 Å². The molecule has 0 aliphatic heterocycles. The van der Waals surface area contributed by atoms with E-state index in [2.05, 4.69) is 4.72 Å². The Bertz CT molecular complexity index is 863. The van der Waals surface area contributed by atoms with Crippen LogP contribution in [0, 0.1) is 5.82 Å². The largest absolute Gasteiger partial charge is 0.366 e. The number of carbonyl (C=O) groups excluding carboxylic acids is 1. The first-order valence-electron chi connectivity index (χ1n) is 7.07. The van der Waals surface area contributed by atoms with Crippen molar-refractivity contribution in [3.63, 3.8) is 0 Å². The van der Waals surface area contributed by atoms with E-state index in [0.717, 1.165) is 11.1 Å². The van der Waals surface area contributed by atoms with Crippen LogP contribution in [0.5, 0.6) is 0 Å². The lowest BCUT2D eigenvalue weighted by molar-refractivity contribution is 0.1000. The molecule has 23 heavy (non-hydrogen) atoms. The van der Waals surface area contributed by atoms with Crippen LogP contribution in [-0.4, -0.2) is 14.3 Å². The predicted octanol–water partition coefficient (Wildman–Crippen LogP) is 1.89. The lowest BCUT2D eigenvalue weighted by atomic mass is 10.1. The molecule has 0 saturated carbocycles. The molecule has 1 atom stereocenters. The summed E-state index contributed by atoms with van der Waals surface area (Å²) in [7, 11) is -3.73. The van der Waals surface area contributed by atoms with Crippen LogP contribution in [0.1, 0.15) is 33.9 Å². The molecule has 3 rings (SSSR count). The fourth-order valence-corrected chi connectivity index (χ4v) is 4.01. The molecule has 0 heterocycles. The van der Waals surface area contributed by atoms with Gasteiger partial charge in [0.1, 0.15) is 5.82 Å². The quantitative estimate of drug-likeness (QED) is 0.895. The molecule has 0 fully saturated rings. The minimum absolute atomic E-state index is 0.0538. The number of rotatable bonds is 4. The van der Waals surface area contributed by atoms with Crippen molar-refractivity contribution in [2.75, 3.05) is 0 Å². The van der Waals surface area contributed by atoms with Crippen molar-refractivity contribution in [1.82, 2.24) is 4.72 Å². The summed E-state index contributed by atoms with van der Waals surface area (Å²) in [6, 6.07) is 9.40. The first-order valence-corrected chi connectivity index (χ1v) is 8.56. The SMILES string of the molecule is NC(=O)c1ccc(S(=O)(=O)N[C@@H]2CCc3cc(F)ccc32)cc1. The van der Waals surface area contributed by atoms with Crippen molar-refractivity contribution in [3.05, 3.63) is 65.0 Å². The number of sulfonamides is 1. The van der Waals surface area contributed by atoms with Crippen LogP contribution in [0.15, 0.2) is 47.4 Å². The van der Waals surface area contributed by atoms with Gasteiger partial charge in [-0.15, -0.1) is 0 Å². The molecule has 0 unspecified atom stereocenters. The van der Waals surface area contributed by atoms with E-state index in [1.807, 2.05) is 0 Å². The van der Waals surface area contributed by atoms with Crippen molar-refractivity contribution in [3.8, 4) is 0 Å². The van der Waals surface area contributed by atoms with Gasteiger partial charge in [-0.05, 0) is 60.4 Å². The third kappa shape index (κ3) is 3.11. The van der Waals surface area contributed by atoms with Crippen molar-refractivity contribution in [2.45, 2.75) is 23.8 Å². The first-order chi connectivity index (χ1) is 10.9. The second-order valence-corrected chi connectivity index (χ2v) is 7.16. The number of carbonyl (C=O) groups is 1. The van der Waals surface area contributed by atoms with Gasteiger partial charge in [0.2, 0.25) is 15.9 Å². The molecule has 7 heteroatoms. The molecular formula is C16H15FN2O3S. The Morgan fingerprint density at radius 1 is 1.17 bits per heavy atom. The maximum Gasteiger partial charge on any atom is 0.248 e. The predicted molar refractivity (Wildman–Crippen MR) is 82.7 cm³/mol. The molecule has 2 aromatic rings. The standard InChI is InChI=1S/C16H15FN2O3S/c17-12-4-7-14-11(9-12)3-8-15(14)19-23(21,22)13-5-1-10(2-6-13)16(18)20/h1-2,4-7,9,15,19H,3,8H2,(H2,18,20)/t15-/m1/s1. The van der Waals surface area contributed by atoms with E-state index in [1.165, 1.54) is 36.4 Å². The summed E-state index contributed by atoms with van der Waals surface area (Å²) >= 11 is 0. The second-order valence-electron chi connectivity index (χ2n) is 5.44. The summed E-state index contributed by atoms with van der Waals surface area (Å²) in [5.74, 6) is -0.942. The number of amides is 1. The number of fused-ring (bicyclic) bond motifs is 1. The lowest BCUT2D eigenvalue weighted by Crippen LogP contribution is -2.27. The number of hydrogen-bond donors (Lipinski definition) is 2. The smallest absolute Gasteiger partial charge is 0.248 e. The zero-order chi connectivity index (χ0) is 16.6. The fraction of sp³-hybridized carbons (Fsp3) is 0.188. The fourth-order valence-electron chi connectivity index (χ4n) is 2.76. The van der Waals surface area contributed by atoms with Gasteiger partial charge >= 0.3 is 0 Å². The Labute approximate surface area is 133 Å². The number of halogens is 1. The lowest BCUT2D eigenvalue weighted by Gasteiger charge is -2.14. The number of nitrogens with two attached hydrogens (primary N) is 1. The minimum atomic E-state index is -3.73. The van der Waals surface area contributed by atoms with Crippen LogP contribution in [0.25, 0.3) is 0 Å². The molecule has 0 radical (unpaired) electrons. The molecule has 1 aliphatic carbocycles. The summed E-state index contributed by atoms with van der Waals surface area (Å²) in [5.41, 5.74) is 6.99. The number of nitrogens with one attached hydrogen (secondary N) is 1. The van der Waals surface area contributed by atoms with Crippen LogP contribution in [-0.2, 0) is 16.4 Å². The Morgan fingerprint density at radius 3 is 2.52 bits per heavy atom.